The highest BCUT2D eigenvalue weighted by molar-refractivity contribution is 6.30. The van der Waals surface area contributed by atoms with Crippen molar-refractivity contribution >= 4 is 17.7 Å². The van der Waals surface area contributed by atoms with Crippen molar-refractivity contribution in [2.24, 2.45) is 0 Å². The van der Waals surface area contributed by atoms with Crippen LogP contribution in [0, 0.1) is 0 Å². The zero-order valence-electron chi connectivity index (χ0n) is 8.42. The van der Waals surface area contributed by atoms with Gasteiger partial charge in [-0.2, -0.15) is 0 Å². The molecule has 1 amide bonds. The molecule has 0 aliphatic heterocycles. The molecule has 0 heterocycles. The molecule has 1 aromatic carbocycles. The van der Waals surface area contributed by atoms with Crippen LogP contribution in [0.4, 0.5) is 4.79 Å². The zero-order valence-corrected chi connectivity index (χ0v) is 9.17. The van der Waals surface area contributed by atoms with Crippen LogP contribution in [0.15, 0.2) is 24.3 Å². The minimum atomic E-state index is -0.480. The summed E-state index contributed by atoms with van der Waals surface area (Å²) in [7, 11) is 0. The van der Waals surface area contributed by atoms with E-state index in [1.165, 1.54) is 0 Å². The molecular formula is C10H13ClN2O2. The van der Waals surface area contributed by atoms with E-state index in [-0.39, 0.29) is 0 Å². The van der Waals surface area contributed by atoms with Gasteiger partial charge in [0.2, 0.25) is 0 Å². The van der Waals surface area contributed by atoms with E-state index in [1.54, 1.807) is 19.1 Å². The largest absolute Gasteiger partial charge is 0.449 e. The summed E-state index contributed by atoms with van der Waals surface area (Å²) in [5.41, 5.74) is 6.16. The molecule has 0 aromatic heterocycles. The van der Waals surface area contributed by atoms with E-state index in [9.17, 15) is 4.79 Å². The van der Waals surface area contributed by atoms with Gasteiger partial charge in [0.25, 0.3) is 0 Å². The summed E-state index contributed by atoms with van der Waals surface area (Å²) in [5.74, 6) is 0. The second-order valence-corrected chi connectivity index (χ2v) is 3.26. The van der Waals surface area contributed by atoms with E-state index >= 15 is 0 Å². The Labute approximate surface area is 93.5 Å². The smallest absolute Gasteiger partial charge is 0.421 e. The minimum Gasteiger partial charge on any atom is -0.449 e. The maximum Gasteiger partial charge on any atom is 0.421 e. The van der Waals surface area contributed by atoms with Crippen molar-refractivity contribution < 1.29 is 9.53 Å². The fourth-order valence-corrected chi connectivity index (χ4v) is 1.11. The third kappa shape index (κ3) is 4.67. The second-order valence-electron chi connectivity index (χ2n) is 2.83. The van der Waals surface area contributed by atoms with E-state index in [1.807, 2.05) is 12.1 Å². The highest BCUT2D eigenvalue weighted by Crippen LogP contribution is 2.08. The van der Waals surface area contributed by atoms with Gasteiger partial charge in [-0.15, -0.1) is 0 Å². The van der Waals surface area contributed by atoms with Crippen LogP contribution in [0.1, 0.15) is 12.5 Å². The molecule has 0 fully saturated rings. The van der Waals surface area contributed by atoms with Crippen LogP contribution in [0.2, 0.25) is 5.02 Å². The lowest BCUT2D eigenvalue weighted by molar-refractivity contribution is 0.147. The molecule has 0 unspecified atom stereocenters. The molecule has 0 bridgehead atoms. The molecule has 0 radical (unpaired) electrons. The van der Waals surface area contributed by atoms with Crippen LogP contribution in [-0.2, 0) is 11.3 Å². The lowest BCUT2D eigenvalue weighted by Gasteiger charge is -2.06. The first-order valence-corrected chi connectivity index (χ1v) is 5.00. The van der Waals surface area contributed by atoms with Crippen LogP contribution in [0.3, 0.4) is 0 Å². The lowest BCUT2D eigenvalue weighted by atomic mass is 10.2. The number of benzene rings is 1. The summed E-state index contributed by atoms with van der Waals surface area (Å²) < 4.78 is 4.67. The quantitative estimate of drug-likeness (QED) is 0.776. The topological polar surface area (TPSA) is 50.4 Å². The molecule has 1 rings (SSSR count). The third-order valence-electron chi connectivity index (χ3n) is 1.67. The number of carbonyl (C=O) groups excluding carboxylic acids is 1. The number of hydrazine groups is 1. The average molecular weight is 229 g/mol. The number of hydrogen-bond donors (Lipinski definition) is 2. The van der Waals surface area contributed by atoms with Crippen LogP contribution < -0.4 is 10.9 Å². The summed E-state index contributed by atoms with van der Waals surface area (Å²) in [5, 5.41) is 0.692. The molecule has 0 saturated carbocycles. The zero-order chi connectivity index (χ0) is 11.1. The number of hydrogen-bond acceptors (Lipinski definition) is 3. The van der Waals surface area contributed by atoms with Gasteiger partial charge >= 0.3 is 6.09 Å². The fraction of sp³-hybridized carbons (Fsp3) is 0.300. The maximum absolute atomic E-state index is 10.9. The summed E-state index contributed by atoms with van der Waals surface area (Å²) in [6.07, 6.45) is -0.480. The van der Waals surface area contributed by atoms with Gasteiger partial charge in [-0.05, 0) is 24.6 Å². The number of halogens is 1. The average Bonchev–Trinajstić information content (AvgIpc) is 2.21. The van der Waals surface area contributed by atoms with Crippen LogP contribution in [0.25, 0.3) is 0 Å². The molecule has 0 aliphatic rings. The number of carbonyl (C=O) groups is 1. The highest BCUT2D eigenvalue weighted by Gasteiger charge is 1.98. The Morgan fingerprint density at radius 3 is 2.67 bits per heavy atom. The minimum absolute atomic E-state index is 0.356. The number of nitrogens with one attached hydrogen (secondary N) is 2. The van der Waals surface area contributed by atoms with Crippen molar-refractivity contribution in [1.29, 1.82) is 0 Å². The third-order valence-corrected chi connectivity index (χ3v) is 1.92. The van der Waals surface area contributed by atoms with Crippen molar-refractivity contribution in [3.05, 3.63) is 34.9 Å². The Kier molecular flexibility index (Phi) is 4.93. The first-order valence-electron chi connectivity index (χ1n) is 4.62. The Morgan fingerprint density at radius 1 is 1.40 bits per heavy atom. The lowest BCUT2D eigenvalue weighted by Crippen LogP contribution is -2.37. The first kappa shape index (κ1) is 11.8. The fourth-order valence-electron chi connectivity index (χ4n) is 0.988. The van der Waals surface area contributed by atoms with E-state index < -0.39 is 6.09 Å². The van der Waals surface area contributed by atoms with Crippen LogP contribution in [-0.4, -0.2) is 12.7 Å². The molecular weight excluding hydrogens is 216 g/mol. The molecule has 2 N–H and O–H groups in total. The molecule has 0 spiro atoms. The van der Waals surface area contributed by atoms with Gasteiger partial charge < -0.3 is 4.74 Å². The predicted octanol–water partition coefficient (Wildman–Crippen LogP) is 2.09. The number of ether oxygens (including phenoxy) is 1. The van der Waals surface area contributed by atoms with Gasteiger partial charge in [0.1, 0.15) is 0 Å². The predicted molar refractivity (Wildman–Crippen MR) is 58.4 cm³/mol. The van der Waals surface area contributed by atoms with Crippen LogP contribution in [0.5, 0.6) is 0 Å². The van der Waals surface area contributed by atoms with Gasteiger partial charge in [-0.1, -0.05) is 23.7 Å². The standard InChI is InChI=1S/C10H13ClN2O2/c1-2-15-10(14)13-12-7-8-3-5-9(11)6-4-8/h3-6,12H,2,7H2,1H3,(H,13,14). The molecule has 82 valence electrons. The monoisotopic (exact) mass is 228 g/mol. The number of rotatable bonds is 4. The van der Waals surface area contributed by atoms with Gasteiger partial charge in [0, 0.05) is 11.6 Å². The Hall–Kier alpha value is -1.26. The van der Waals surface area contributed by atoms with E-state index in [2.05, 4.69) is 15.6 Å². The summed E-state index contributed by atoms with van der Waals surface area (Å²) in [6, 6.07) is 7.34. The molecule has 5 heteroatoms. The molecule has 1 aromatic rings. The molecule has 0 saturated heterocycles. The normalized spacial score (nSPS) is 9.73. The molecule has 15 heavy (non-hydrogen) atoms. The van der Waals surface area contributed by atoms with Crippen molar-refractivity contribution in [1.82, 2.24) is 10.9 Å². The van der Waals surface area contributed by atoms with Gasteiger partial charge in [0.05, 0.1) is 6.61 Å². The van der Waals surface area contributed by atoms with Crippen molar-refractivity contribution in [2.75, 3.05) is 6.61 Å². The van der Waals surface area contributed by atoms with E-state index in [0.29, 0.717) is 18.2 Å². The molecule has 0 aliphatic carbocycles. The Morgan fingerprint density at radius 2 is 2.07 bits per heavy atom. The maximum atomic E-state index is 10.9. The summed E-state index contributed by atoms with van der Waals surface area (Å²) >= 11 is 5.73. The highest BCUT2D eigenvalue weighted by atomic mass is 35.5. The van der Waals surface area contributed by atoms with Crippen molar-refractivity contribution in [2.45, 2.75) is 13.5 Å². The van der Waals surface area contributed by atoms with E-state index in [0.717, 1.165) is 5.56 Å². The van der Waals surface area contributed by atoms with E-state index in [4.69, 9.17) is 11.6 Å². The van der Waals surface area contributed by atoms with Gasteiger partial charge in [-0.3, -0.25) is 5.43 Å². The summed E-state index contributed by atoms with van der Waals surface area (Å²) in [6.45, 7) is 2.63. The number of amides is 1. The second kappa shape index (κ2) is 6.27. The SMILES string of the molecule is CCOC(=O)NNCc1ccc(Cl)cc1. The molecule has 4 nitrogen and oxygen atoms in total. The van der Waals surface area contributed by atoms with Crippen molar-refractivity contribution in [3.8, 4) is 0 Å². The Bertz CT molecular complexity index is 314. The van der Waals surface area contributed by atoms with Crippen LogP contribution >= 0.6 is 11.6 Å². The first-order chi connectivity index (χ1) is 7.22. The Balaban J connectivity index is 2.26. The van der Waals surface area contributed by atoms with Crippen molar-refractivity contribution in [3.63, 3.8) is 0 Å². The molecule has 0 atom stereocenters. The van der Waals surface area contributed by atoms with Gasteiger partial charge in [-0.25, -0.2) is 10.2 Å². The summed E-state index contributed by atoms with van der Waals surface area (Å²) in [4.78, 5) is 10.9. The van der Waals surface area contributed by atoms with Gasteiger partial charge in [0.15, 0.2) is 0 Å².